The fourth-order valence-corrected chi connectivity index (χ4v) is 2.58. The number of carbonyl (C=O) groups excluding carboxylic acids is 2. The van der Waals surface area contributed by atoms with Crippen LogP contribution in [-0.2, 0) is 20.7 Å². The molecule has 2 N–H and O–H groups in total. The second-order valence-electron chi connectivity index (χ2n) is 4.81. The summed E-state index contributed by atoms with van der Waals surface area (Å²) < 4.78 is 10.4. The summed E-state index contributed by atoms with van der Waals surface area (Å²) in [7, 11) is 2.85. The van der Waals surface area contributed by atoms with Crippen LogP contribution < -0.4 is 10.6 Å². The Labute approximate surface area is 127 Å². The summed E-state index contributed by atoms with van der Waals surface area (Å²) >= 11 is 5.84. The standard InChI is InChI=1S/C14H17ClN2O4/c1-20-12(21-2)14(11(18)16-13(19)17-14)8-7-9-3-5-10(15)6-4-9/h3-6,12H,7-8H2,1-2H3,(H2,16,17,18,19)/t14-/m1/s1. The van der Waals surface area contributed by atoms with Crippen LogP contribution in [0.5, 0.6) is 0 Å². The molecule has 1 aliphatic heterocycles. The molecule has 1 heterocycles. The van der Waals surface area contributed by atoms with Gasteiger partial charge in [0.1, 0.15) is 0 Å². The van der Waals surface area contributed by atoms with Crippen LogP contribution >= 0.6 is 11.6 Å². The van der Waals surface area contributed by atoms with Crippen molar-refractivity contribution in [2.24, 2.45) is 0 Å². The lowest BCUT2D eigenvalue weighted by Gasteiger charge is -2.32. The van der Waals surface area contributed by atoms with E-state index in [4.69, 9.17) is 21.1 Å². The maximum absolute atomic E-state index is 12.2. The Hall–Kier alpha value is -1.63. The zero-order valence-electron chi connectivity index (χ0n) is 11.8. The topological polar surface area (TPSA) is 76.7 Å². The highest BCUT2D eigenvalue weighted by molar-refractivity contribution is 6.30. The predicted molar refractivity (Wildman–Crippen MR) is 77.0 cm³/mol. The van der Waals surface area contributed by atoms with Crippen LogP contribution in [0.25, 0.3) is 0 Å². The van der Waals surface area contributed by atoms with E-state index in [1.54, 1.807) is 12.1 Å². The fourth-order valence-electron chi connectivity index (χ4n) is 2.46. The van der Waals surface area contributed by atoms with Gasteiger partial charge in [-0.05, 0) is 30.5 Å². The van der Waals surface area contributed by atoms with Gasteiger partial charge in [0.2, 0.25) is 0 Å². The second kappa shape index (κ2) is 6.43. The maximum Gasteiger partial charge on any atom is 0.322 e. The number of benzene rings is 1. The van der Waals surface area contributed by atoms with Gasteiger partial charge in [-0.15, -0.1) is 0 Å². The molecule has 1 atom stereocenters. The van der Waals surface area contributed by atoms with Gasteiger partial charge in [-0.25, -0.2) is 4.79 Å². The molecule has 1 saturated heterocycles. The lowest BCUT2D eigenvalue weighted by atomic mass is 9.90. The number of carbonyl (C=O) groups is 2. The fraction of sp³-hybridized carbons (Fsp3) is 0.429. The van der Waals surface area contributed by atoms with Gasteiger partial charge in [0.25, 0.3) is 5.91 Å². The largest absolute Gasteiger partial charge is 0.353 e. The van der Waals surface area contributed by atoms with Crippen molar-refractivity contribution in [1.29, 1.82) is 0 Å². The normalized spacial score (nSPS) is 21.5. The molecular weight excluding hydrogens is 296 g/mol. The number of nitrogens with one attached hydrogen (secondary N) is 2. The molecule has 21 heavy (non-hydrogen) atoms. The number of urea groups is 1. The quantitative estimate of drug-likeness (QED) is 0.616. The van der Waals surface area contributed by atoms with E-state index in [1.165, 1.54) is 14.2 Å². The van der Waals surface area contributed by atoms with Gasteiger partial charge in [0, 0.05) is 19.2 Å². The van der Waals surface area contributed by atoms with Crippen LogP contribution in [0.1, 0.15) is 12.0 Å². The zero-order chi connectivity index (χ0) is 15.5. The average molecular weight is 313 g/mol. The first kappa shape index (κ1) is 15.8. The maximum atomic E-state index is 12.2. The van der Waals surface area contributed by atoms with Gasteiger partial charge in [0.15, 0.2) is 11.8 Å². The van der Waals surface area contributed by atoms with E-state index in [9.17, 15) is 9.59 Å². The molecule has 6 nitrogen and oxygen atoms in total. The van der Waals surface area contributed by atoms with E-state index < -0.39 is 23.8 Å². The third-order valence-corrected chi connectivity index (χ3v) is 3.77. The van der Waals surface area contributed by atoms with Gasteiger partial charge < -0.3 is 14.8 Å². The third-order valence-electron chi connectivity index (χ3n) is 3.52. The number of ether oxygens (including phenoxy) is 2. The van der Waals surface area contributed by atoms with E-state index in [1.807, 2.05) is 12.1 Å². The number of hydrogen-bond donors (Lipinski definition) is 2. The van der Waals surface area contributed by atoms with Crippen molar-refractivity contribution in [3.05, 3.63) is 34.9 Å². The number of halogens is 1. The van der Waals surface area contributed by atoms with Gasteiger partial charge in [0.05, 0.1) is 0 Å². The molecule has 0 radical (unpaired) electrons. The van der Waals surface area contributed by atoms with E-state index in [0.717, 1.165) is 5.56 Å². The molecule has 0 aromatic heterocycles. The van der Waals surface area contributed by atoms with E-state index >= 15 is 0 Å². The number of methoxy groups -OCH3 is 2. The lowest BCUT2D eigenvalue weighted by Crippen LogP contribution is -2.58. The summed E-state index contributed by atoms with van der Waals surface area (Å²) in [6.45, 7) is 0. The highest BCUT2D eigenvalue weighted by Crippen LogP contribution is 2.25. The molecule has 0 spiro atoms. The molecule has 114 valence electrons. The minimum Gasteiger partial charge on any atom is -0.353 e. The second-order valence-corrected chi connectivity index (χ2v) is 5.25. The molecular formula is C14H17ClN2O4. The van der Waals surface area contributed by atoms with Gasteiger partial charge >= 0.3 is 6.03 Å². The number of amides is 3. The highest BCUT2D eigenvalue weighted by atomic mass is 35.5. The highest BCUT2D eigenvalue weighted by Gasteiger charge is 2.52. The van der Waals surface area contributed by atoms with Crippen LogP contribution in [0, 0.1) is 0 Å². The molecule has 0 bridgehead atoms. The van der Waals surface area contributed by atoms with Crippen molar-refractivity contribution in [2.45, 2.75) is 24.7 Å². The molecule has 1 aromatic rings. The molecule has 0 aliphatic carbocycles. The van der Waals surface area contributed by atoms with E-state index in [2.05, 4.69) is 10.6 Å². The first-order valence-electron chi connectivity index (χ1n) is 6.45. The smallest absolute Gasteiger partial charge is 0.322 e. The minimum absolute atomic E-state index is 0.346. The summed E-state index contributed by atoms with van der Waals surface area (Å²) in [4.78, 5) is 23.7. The molecule has 1 aliphatic rings. The summed E-state index contributed by atoms with van der Waals surface area (Å²) in [6, 6.07) is 6.76. The average Bonchev–Trinajstić information content (AvgIpc) is 2.75. The Bertz CT molecular complexity index is 530. The molecule has 1 fully saturated rings. The minimum atomic E-state index is -1.24. The Kier molecular flexibility index (Phi) is 4.82. The van der Waals surface area contributed by atoms with Gasteiger partial charge in [-0.1, -0.05) is 23.7 Å². The van der Waals surface area contributed by atoms with Crippen molar-refractivity contribution >= 4 is 23.5 Å². The number of imide groups is 1. The molecule has 2 rings (SSSR count). The SMILES string of the molecule is COC(OC)[C@]1(CCc2ccc(Cl)cc2)NC(=O)NC1=O. The third kappa shape index (κ3) is 3.18. The Morgan fingerprint density at radius 3 is 2.29 bits per heavy atom. The zero-order valence-corrected chi connectivity index (χ0v) is 12.6. The monoisotopic (exact) mass is 312 g/mol. The van der Waals surface area contributed by atoms with Crippen molar-refractivity contribution in [2.75, 3.05) is 14.2 Å². The Balaban J connectivity index is 2.19. The summed E-state index contributed by atoms with van der Waals surface area (Å²) in [5.41, 5.74) is -0.237. The summed E-state index contributed by atoms with van der Waals surface area (Å²) in [6.07, 6.45) is 0.0448. The van der Waals surface area contributed by atoms with Crippen molar-refractivity contribution in [1.82, 2.24) is 10.6 Å². The van der Waals surface area contributed by atoms with Crippen LogP contribution in [-0.4, -0.2) is 38.0 Å². The number of hydrogen-bond acceptors (Lipinski definition) is 4. The summed E-state index contributed by atoms with van der Waals surface area (Å²) in [5.74, 6) is -0.449. The van der Waals surface area contributed by atoms with Crippen LogP contribution in [0.2, 0.25) is 5.02 Å². The van der Waals surface area contributed by atoms with Crippen LogP contribution in [0.15, 0.2) is 24.3 Å². The molecule has 0 unspecified atom stereocenters. The first-order chi connectivity index (χ1) is 10.0. The molecule has 0 saturated carbocycles. The van der Waals surface area contributed by atoms with Crippen LogP contribution in [0.4, 0.5) is 4.79 Å². The first-order valence-corrected chi connectivity index (χ1v) is 6.83. The predicted octanol–water partition coefficient (Wildman–Crippen LogP) is 1.47. The van der Waals surface area contributed by atoms with E-state index in [-0.39, 0.29) is 0 Å². The Morgan fingerprint density at radius 1 is 1.19 bits per heavy atom. The van der Waals surface area contributed by atoms with Crippen molar-refractivity contribution in [3.63, 3.8) is 0 Å². The van der Waals surface area contributed by atoms with Gasteiger partial charge in [-0.2, -0.15) is 0 Å². The molecule has 3 amide bonds. The summed E-state index contributed by atoms with van der Waals surface area (Å²) in [5, 5.41) is 5.50. The molecule has 1 aromatic carbocycles. The van der Waals surface area contributed by atoms with Crippen molar-refractivity contribution < 1.29 is 19.1 Å². The van der Waals surface area contributed by atoms with E-state index in [0.29, 0.717) is 17.9 Å². The molecule has 7 heteroatoms. The van der Waals surface area contributed by atoms with Crippen LogP contribution in [0.3, 0.4) is 0 Å². The number of rotatable bonds is 6. The van der Waals surface area contributed by atoms with Crippen molar-refractivity contribution in [3.8, 4) is 0 Å². The van der Waals surface area contributed by atoms with Gasteiger partial charge in [-0.3, -0.25) is 10.1 Å². The lowest BCUT2D eigenvalue weighted by molar-refractivity contribution is -0.165. The Morgan fingerprint density at radius 2 is 1.81 bits per heavy atom. The number of aryl methyl sites for hydroxylation is 1.